The summed E-state index contributed by atoms with van der Waals surface area (Å²) in [5, 5.41) is 11.1. The molecule has 0 radical (unpaired) electrons. The standard InChI is InChI=1S/C13H18ClN3O3S/c1-21(20)9-8-15-4-6-16(7-5-15)13-3-2-11(17(18)19)10-12(13)14/h2-3,10H,4-9H2,1H3/t21-/m1/s1. The van der Waals surface area contributed by atoms with E-state index in [-0.39, 0.29) is 5.69 Å². The number of piperazine rings is 1. The molecule has 116 valence electrons. The van der Waals surface area contributed by atoms with Crippen LogP contribution in [0.5, 0.6) is 0 Å². The molecule has 21 heavy (non-hydrogen) atoms. The SMILES string of the molecule is C[S@@](=O)CCN1CCN(c2ccc([N+](=O)[O-])cc2Cl)CC1. The molecule has 0 bridgehead atoms. The summed E-state index contributed by atoms with van der Waals surface area (Å²) in [6.07, 6.45) is 1.72. The van der Waals surface area contributed by atoms with Crippen molar-refractivity contribution in [3.63, 3.8) is 0 Å². The Hall–Kier alpha value is -1.18. The molecule has 0 spiro atoms. The molecule has 1 aliphatic heterocycles. The summed E-state index contributed by atoms with van der Waals surface area (Å²) in [6.45, 7) is 4.22. The van der Waals surface area contributed by atoms with Crippen LogP contribution < -0.4 is 4.90 Å². The molecule has 1 heterocycles. The minimum absolute atomic E-state index is 0.00723. The zero-order valence-corrected chi connectivity index (χ0v) is 13.4. The maximum Gasteiger partial charge on any atom is 0.271 e. The molecule has 1 atom stereocenters. The van der Waals surface area contributed by atoms with Crippen molar-refractivity contribution in [3.8, 4) is 0 Å². The smallest absolute Gasteiger partial charge is 0.271 e. The van der Waals surface area contributed by atoms with Crippen molar-refractivity contribution in [1.29, 1.82) is 0 Å². The Labute approximate surface area is 131 Å². The van der Waals surface area contributed by atoms with Crippen LogP contribution in [0.3, 0.4) is 0 Å². The third-order valence-corrected chi connectivity index (χ3v) is 4.61. The van der Waals surface area contributed by atoms with Gasteiger partial charge >= 0.3 is 0 Å². The van der Waals surface area contributed by atoms with E-state index in [2.05, 4.69) is 9.80 Å². The summed E-state index contributed by atoms with van der Waals surface area (Å²) in [7, 11) is -0.763. The van der Waals surface area contributed by atoms with E-state index in [1.807, 2.05) is 0 Å². The van der Waals surface area contributed by atoms with Gasteiger partial charge in [-0.25, -0.2) is 0 Å². The zero-order chi connectivity index (χ0) is 15.4. The van der Waals surface area contributed by atoms with Gasteiger partial charge in [-0.3, -0.25) is 19.2 Å². The van der Waals surface area contributed by atoms with Crippen molar-refractivity contribution < 1.29 is 9.13 Å². The summed E-state index contributed by atoms with van der Waals surface area (Å²) < 4.78 is 11.1. The van der Waals surface area contributed by atoms with Crippen LogP contribution in [0.15, 0.2) is 18.2 Å². The Bertz CT molecular complexity index is 547. The maximum atomic E-state index is 11.1. The molecule has 0 saturated carbocycles. The second kappa shape index (κ2) is 7.20. The normalized spacial score (nSPS) is 17.7. The van der Waals surface area contributed by atoms with E-state index < -0.39 is 15.7 Å². The number of benzene rings is 1. The monoisotopic (exact) mass is 331 g/mol. The highest BCUT2D eigenvalue weighted by molar-refractivity contribution is 7.84. The number of nitro benzene ring substituents is 1. The molecular weight excluding hydrogens is 314 g/mol. The topological polar surface area (TPSA) is 66.7 Å². The highest BCUT2D eigenvalue weighted by Gasteiger charge is 2.20. The van der Waals surface area contributed by atoms with Gasteiger partial charge in [0.15, 0.2) is 0 Å². The first-order chi connectivity index (χ1) is 9.97. The van der Waals surface area contributed by atoms with E-state index in [0.717, 1.165) is 38.4 Å². The summed E-state index contributed by atoms with van der Waals surface area (Å²) in [6, 6.07) is 4.58. The predicted octanol–water partition coefficient (Wildman–Crippen LogP) is 1.75. The molecule has 1 aromatic carbocycles. The van der Waals surface area contributed by atoms with E-state index in [4.69, 9.17) is 11.6 Å². The molecule has 0 aromatic heterocycles. The van der Waals surface area contributed by atoms with Crippen molar-refractivity contribution in [1.82, 2.24) is 4.90 Å². The van der Waals surface area contributed by atoms with Crippen molar-refractivity contribution >= 4 is 33.8 Å². The number of halogens is 1. The van der Waals surface area contributed by atoms with Gasteiger partial charge in [-0.1, -0.05) is 11.6 Å². The van der Waals surface area contributed by atoms with Crippen LogP contribution >= 0.6 is 11.6 Å². The van der Waals surface area contributed by atoms with Crippen LogP contribution in [-0.2, 0) is 10.8 Å². The minimum Gasteiger partial charge on any atom is -0.368 e. The van der Waals surface area contributed by atoms with E-state index in [1.54, 1.807) is 12.3 Å². The van der Waals surface area contributed by atoms with Gasteiger partial charge in [-0.15, -0.1) is 0 Å². The number of hydrogen-bond acceptors (Lipinski definition) is 5. The van der Waals surface area contributed by atoms with Crippen LogP contribution in [-0.4, -0.2) is 58.8 Å². The van der Waals surface area contributed by atoms with Gasteiger partial charge in [0.2, 0.25) is 0 Å². The first kappa shape index (κ1) is 16.2. The maximum absolute atomic E-state index is 11.1. The minimum atomic E-state index is -0.763. The van der Waals surface area contributed by atoms with E-state index in [1.165, 1.54) is 12.1 Å². The average Bonchev–Trinajstić information content (AvgIpc) is 2.45. The Balaban J connectivity index is 1.96. The van der Waals surface area contributed by atoms with E-state index >= 15 is 0 Å². The number of nitrogens with zero attached hydrogens (tertiary/aromatic N) is 3. The van der Waals surface area contributed by atoms with Gasteiger partial charge in [0.05, 0.1) is 15.6 Å². The fourth-order valence-corrected chi connectivity index (χ4v) is 3.15. The van der Waals surface area contributed by atoms with E-state index in [9.17, 15) is 14.3 Å². The molecule has 0 unspecified atom stereocenters. The van der Waals surface area contributed by atoms with Crippen LogP contribution in [0, 0.1) is 10.1 Å². The molecule has 1 fully saturated rings. The highest BCUT2D eigenvalue weighted by Crippen LogP contribution is 2.30. The molecular formula is C13H18ClN3O3S. The van der Waals surface area contributed by atoms with E-state index in [0.29, 0.717) is 10.8 Å². The number of nitro groups is 1. The molecule has 8 heteroatoms. The van der Waals surface area contributed by atoms with Crippen LogP contribution in [0.2, 0.25) is 5.02 Å². The molecule has 2 rings (SSSR count). The van der Waals surface area contributed by atoms with Gasteiger partial charge < -0.3 is 4.90 Å². The lowest BCUT2D eigenvalue weighted by atomic mass is 10.2. The van der Waals surface area contributed by atoms with Gasteiger partial charge in [-0.2, -0.15) is 0 Å². The molecule has 0 aliphatic carbocycles. The molecule has 1 aromatic rings. The fraction of sp³-hybridized carbons (Fsp3) is 0.538. The number of rotatable bonds is 5. The Morgan fingerprint density at radius 2 is 2.00 bits per heavy atom. The third kappa shape index (κ3) is 4.39. The molecule has 6 nitrogen and oxygen atoms in total. The Morgan fingerprint density at radius 3 is 2.52 bits per heavy atom. The number of non-ortho nitro benzene ring substituents is 1. The second-order valence-electron chi connectivity index (χ2n) is 5.00. The largest absolute Gasteiger partial charge is 0.368 e. The summed E-state index contributed by atoms with van der Waals surface area (Å²) in [4.78, 5) is 14.7. The van der Waals surface area contributed by atoms with Gasteiger partial charge in [-0.05, 0) is 6.07 Å². The number of hydrogen-bond donors (Lipinski definition) is 0. The number of anilines is 1. The third-order valence-electron chi connectivity index (χ3n) is 3.55. The average molecular weight is 332 g/mol. The quantitative estimate of drug-likeness (QED) is 0.607. The van der Waals surface area contributed by atoms with Crippen LogP contribution in [0.4, 0.5) is 11.4 Å². The molecule has 1 saturated heterocycles. The summed E-state index contributed by atoms with van der Waals surface area (Å²) in [5.41, 5.74) is 0.841. The summed E-state index contributed by atoms with van der Waals surface area (Å²) >= 11 is 6.15. The fourth-order valence-electron chi connectivity index (χ4n) is 2.34. The lowest BCUT2D eigenvalue weighted by molar-refractivity contribution is -0.384. The summed E-state index contributed by atoms with van der Waals surface area (Å²) in [5.74, 6) is 0.693. The van der Waals surface area contributed by atoms with Gasteiger partial charge in [0.25, 0.3) is 5.69 Å². The predicted molar refractivity (Wildman–Crippen MR) is 85.7 cm³/mol. The molecule has 0 amide bonds. The van der Waals surface area contributed by atoms with Crippen molar-refractivity contribution in [2.24, 2.45) is 0 Å². The van der Waals surface area contributed by atoms with Gasteiger partial charge in [0, 0.05) is 67.7 Å². The zero-order valence-electron chi connectivity index (χ0n) is 11.8. The van der Waals surface area contributed by atoms with Crippen molar-refractivity contribution in [3.05, 3.63) is 33.3 Å². The lowest BCUT2D eigenvalue weighted by Crippen LogP contribution is -2.47. The lowest BCUT2D eigenvalue weighted by Gasteiger charge is -2.36. The molecule has 1 aliphatic rings. The van der Waals surface area contributed by atoms with Crippen molar-refractivity contribution in [2.75, 3.05) is 49.6 Å². The van der Waals surface area contributed by atoms with Crippen LogP contribution in [0.1, 0.15) is 0 Å². The first-order valence-corrected chi connectivity index (χ1v) is 8.79. The Kier molecular flexibility index (Phi) is 5.55. The Morgan fingerprint density at radius 1 is 1.33 bits per heavy atom. The first-order valence-electron chi connectivity index (χ1n) is 6.68. The second-order valence-corrected chi connectivity index (χ2v) is 6.96. The van der Waals surface area contributed by atoms with Gasteiger partial charge in [0.1, 0.15) is 0 Å². The van der Waals surface area contributed by atoms with Crippen molar-refractivity contribution in [2.45, 2.75) is 0 Å². The van der Waals surface area contributed by atoms with Crippen LogP contribution in [0.25, 0.3) is 0 Å². The molecule has 0 N–H and O–H groups in total. The highest BCUT2D eigenvalue weighted by atomic mass is 35.5.